The van der Waals surface area contributed by atoms with E-state index in [1.165, 1.54) is 7.11 Å². The predicted octanol–water partition coefficient (Wildman–Crippen LogP) is 1.81. The van der Waals surface area contributed by atoms with Gasteiger partial charge in [0.15, 0.2) is 5.57 Å². The maximum absolute atomic E-state index is 11.7. The zero-order valence-corrected chi connectivity index (χ0v) is 10.9. The van der Waals surface area contributed by atoms with E-state index in [-0.39, 0.29) is 18.8 Å². The highest BCUT2D eigenvalue weighted by atomic mass is 16.6. The van der Waals surface area contributed by atoms with E-state index in [2.05, 4.69) is 0 Å². The molecule has 0 N–H and O–H groups in total. The van der Waals surface area contributed by atoms with Gasteiger partial charge in [0.2, 0.25) is 0 Å². The van der Waals surface area contributed by atoms with E-state index in [4.69, 9.17) is 14.2 Å². The van der Waals surface area contributed by atoms with Crippen molar-refractivity contribution in [3.63, 3.8) is 0 Å². The van der Waals surface area contributed by atoms with Gasteiger partial charge in [0.05, 0.1) is 20.3 Å². The largest absolute Gasteiger partial charge is 0.500 e. The first kappa shape index (κ1) is 15.5. The monoisotopic (exact) mass is 244 g/mol. The van der Waals surface area contributed by atoms with Crippen molar-refractivity contribution < 1.29 is 23.8 Å². The second-order valence-electron chi connectivity index (χ2n) is 3.19. The molecule has 0 rings (SSSR count). The van der Waals surface area contributed by atoms with E-state index in [9.17, 15) is 9.59 Å². The molecule has 0 aliphatic heterocycles. The first-order chi connectivity index (χ1) is 8.12. The number of hydrogen-bond donors (Lipinski definition) is 0. The third kappa shape index (κ3) is 4.89. The molecule has 0 radical (unpaired) electrons. The zero-order chi connectivity index (χ0) is 13.3. The Morgan fingerprint density at radius 1 is 0.941 bits per heavy atom. The summed E-state index contributed by atoms with van der Waals surface area (Å²) in [7, 11) is 1.42. The molecular formula is C12H20O5. The summed E-state index contributed by atoms with van der Waals surface area (Å²) in [4.78, 5) is 23.3. The second-order valence-corrected chi connectivity index (χ2v) is 3.19. The van der Waals surface area contributed by atoms with Crippen LogP contribution >= 0.6 is 0 Å². The van der Waals surface area contributed by atoms with Crippen LogP contribution in [0.25, 0.3) is 0 Å². The number of carbonyl (C=O) groups is 2. The average molecular weight is 244 g/mol. The zero-order valence-electron chi connectivity index (χ0n) is 10.9. The summed E-state index contributed by atoms with van der Waals surface area (Å²) in [5.41, 5.74) is -0.141. The molecule has 0 unspecified atom stereocenters. The summed E-state index contributed by atoms with van der Waals surface area (Å²) in [6.07, 6.45) is 1.24. The summed E-state index contributed by atoms with van der Waals surface area (Å²) in [6, 6.07) is 0. The molecule has 0 aromatic rings. The fraction of sp³-hybridized carbons (Fsp3) is 0.667. The normalized spacial score (nSPS) is 9.41. The van der Waals surface area contributed by atoms with Gasteiger partial charge in [0.1, 0.15) is 5.76 Å². The van der Waals surface area contributed by atoms with Gasteiger partial charge in [0, 0.05) is 6.42 Å². The molecule has 0 heterocycles. The molecule has 0 aliphatic rings. The van der Waals surface area contributed by atoms with E-state index in [0.29, 0.717) is 12.2 Å². The molecule has 0 atom stereocenters. The van der Waals surface area contributed by atoms with Gasteiger partial charge in [-0.1, -0.05) is 6.92 Å². The van der Waals surface area contributed by atoms with Gasteiger partial charge in [-0.15, -0.1) is 0 Å². The third-order valence-corrected chi connectivity index (χ3v) is 1.96. The van der Waals surface area contributed by atoms with Crippen molar-refractivity contribution in [1.29, 1.82) is 0 Å². The Hall–Kier alpha value is -1.52. The van der Waals surface area contributed by atoms with Crippen LogP contribution in [0.5, 0.6) is 0 Å². The van der Waals surface area contributed by atoms with Gasteiger partial charge < -0.3 is 14.2 Å². The lowest BCUT2D eigenvalue weighted by Gasteiger charge is -2.11. The van der Waals surface area contributed by atoms with E-state index in [1.54, 1.807) is 13.8 Å². The van der Waals surface area contributed by atoms with Crippen LogP contribution in [0, 0.1) is 0 Å². The Bertz CT molecular complexity index is 273. The lowest BCUT2D eigenvalue weighted by atomic mass is 10.1. The Morgan fingerprint density at radius 2 is 1.41 bits per heavy atom. The summed E-state index contributed by atoms with van der Waals surface area (Å²) < 4.78 is 14.7. The molecule has 0 aromatic heterocycles. The predicted molar refractivity (Wildman–Crippen MR) is 62.2 cm³/mol. The number of carbonyl (C=O) groups excluding carboxylic acids is 2. The molecule has 5 heteroatoms. The maximum atomic E-state index is 11.7. The summed E-state index contributed by atoms with van der Waals surface area (Å²) >= 11 is 0. The Kier molecular flexibility index (Phi) is 7.84. The highest BCUT2D eigenvalue weighted by molar-refractivity contribution is 6.14. The topological polar surface area (TPSA) is 61.8 Å². The van der Waals surface area contributed by atoms with E-state index in [0.717, 1.165) is 6.42 Å². The molecular weight excluding hydrogens is 224 g/mol. The van der Waals surface area contributed by atoms with E-state index in [1.807, 2.05) is 6.92 Å². The molecule has 0 aromatic carbocycles. The molecule has 17 heavy (non-hydrogen) atoms. The maximum Gasteiger partial charge on any atom is 0.349 e. The van der Waals surface area contributed by atoms with Crippen LogP contribution in [0.1, 0.15) is 33.6 Å². The molecule has 0 fully saturated rings. The fourth-order valence-electron chi connectivity index (χ4n) is 1.27. The van der Waals surface area contributed by atoms with Gasteiger partial charge >= 0.3 is 11.9 Å². The van der Waals surface area contributed by atoms with Crippen molar-refractivity contribution in [3.8, 4) is 0 Å². The van der Waals surface area contributed by atoms with Gasteiger partial charge in [0.25, 0.3) is 0 Å². The van der Waals surface area contributed by atoms with E-state index < -0.39 is 11.9 Å². The molecule has 98 valence electrons. The first-order valence-corrected chi connectivity index (χ1v) is 5.73. The third-order valence-electron chi connectivity index (χ3n) is 1.96. The molecule has 0 aliphatic carbocycles. The fourth-order valence-corrected chi connectivity index (χ4v) is 1.27. The smallest absolute Gasteiger partial charge is 0.349 e. The number of esters is 2. The Morgan fingerprint density at radius 3 is 1.71 bits per heavy atom. The molecule has 5 nitrogen and oxygen atoms in total. The molecule has 0 bridgehead atoms. The van der Waals surface area contributed by atoms with Crippen LogP contribution in [0.3, 0.4) is 0 Å². The number of ether oxygens (including phenoxy) is 3. The van der Waals surface area contributed by atoms with Gasteiger partial charge in [-0.3, -0.25) is 0 Å². The van der Waals surface area contributed by atoms with Crippen molar-refractivity contribution in [2.45, 2.75) is 33.6 Å². The molecule has 0 saturated heterocycles. The quantitative estimate of drug-likeness (QED) is 0.225. The van der Waals surface area contributed by atoms with Crippen LogP contribution in [0.2, 0.25) is 0 Å². The van der Waals surface area contributed by atoms with Crippen LogP contribution in [-0.4, -0.2) is 32.3 Å². The minimum absolute atomic E-state index is 0.141. The standard InChI is InChI=1S/C12H20O5/c1-5-8-9(15-4)10(11(13)16-6-2)12(14)17-7-3/h5-8H2,1-4H3. The molecule has 0 amide bonds. The van der Waals surface area contributed by atoms with E-state index >= 15 is 0 Å². The molecule has 0 spiro atoms. The second kappa shape index (κ2) is 8.61. The minimum atomic E-state index is -0.698. The van der Waals surface area contributed by atoms with Crippen molar-refractivity contribution in [2.75, 3.05) is 20.3 Å². The first-order valence-electron chi connectivity index (χ1n) is 5.73. The Balaban J connectivity index is 5.18. The van der Waals surface area contributed by atoms with Crippen molar-refractivity contribution in [3.05, 3.63) is 11.3 Å². The van der Waals surface area contributed by atoms with Crippen molar-refractivity contribution in [2.24, 2.45) is 0 Å². The van der Waals surface area contributed by atoms with Gasteiger partial charge in [-0.25, -0.2) is 9.59 Å². The number of allylic oxidation sites excluding steroid dienone is 1. The summed E-state index contributed by atoms with van der Waals surface area (Å²) in [5.74, 6) is -1.09. The van der Waals surface area contributed by atoms with Gasteiger partial charge in [-0.05, 0) is 20.3 Å². The highest BCUT2D eigenvalue weighted by Crippen LogP contribution is 2.15. The lowest BCUT2D eigenvalue weighted by molar-refractivity contribution is -0.147. The molecule has 0 saturated carbocycles. The lowest BCUT2D eigenvalue weighted by Crippen LogP contribution is -2.21. The van der Waals surface area contributed by atoms with Crippen LogP contribution < -0.4 is 0 Å². The SMILES string of the molecule is CCCC(OC)=C(C(=O)OCC)C(=O)OCC. The number of methoxy groups -OCH3 is 1. The van der Waals surface area contributed by atoms with Crippen LogP contribution in [0.15, 0.2) is 11.3 Å². The Labute approximate surface area is 102 Å². The number of rotatable bonds is 7. The summed E-state index contributed by atoms with van der Waals surface area (Å²) in [6.45, 7) is 5.67. The average Bonchev–Trinajstić information content (AvgIpc) is 2.29. The number of hydrogen-bond acceptors (Lipinski definition) is 5. The van der Waals surface area contributed by atoms with Crippen LogP contribution in [-0.2, 0) is 23.8 Å². The minimum Gasteiger partial charge on any atom is -0.500 e. The van der Waals surface area contributed by atoms with Gasteiger partial charge in [-0.2, -0.15) is 0 Å². The van der Waals surface area contributed by atoms with Crippen LogP contribution in [0.4, 0.5) is 0 Å². The van der Waals surface area contributed by atoms with Crippen molar-refractivity contribution in [1.82, 2.24) is 0 Å². The summed E-state index contributed by atoms with van der Waals surface area (Å²) in [5, 5.41) is 0. The van der Waals surface area contributed by atoms with Crippen molar-refractivity contribution >= 4 is 11.9 Å². The highest BCUT2D eigenvalue weighted by Gasteiger charge is 2.26.